The number of aliphatic hydroxyl groups is 1. The summed E-state index contributed by atoms with van der Waals surface area (Å²) in [6.07, 6.45) is 1.69. The minimum atomic E-state index is -3.35. The molecular weight excluding hydrogens is 528 g/mol. The normalized spacial score (nSPS) is 14.2. The Bertz CT molecular complexity index is 1400. The molecule has 0 saturated heterocycles. The number of anilines is 2. The number of oxime groups is 1. The molecule has 0 radical (unpaired) electrons. The number of pyridine rings is 1. The minimum Gasteiger partial charge on any atom is -0.396 e. The van der Waals surface area contributed by atoms with E-state index in [0.717, 1.165) is 18.9 Å². The monoisotopic (exact) mass is 560 g/mol. The Labute approximate surface area is 226 Å². The van der Waals surface area contributed by atoms with Gasteiger partial charge in [-0.05, 0) is 51.2 Å². The lowest BCUT2D eigenvalue weighted by Gasteiger charge is -2.20. The second-order valence-electron chi connectivity index (χ2n) is 9.31. The number of sulfone groups is 1. The van der Waals surface area contributed by atoms with E-state index in [9.17, 15) is 13.2 Å². The Kier molecular flexibility index (Phi) is 8.92. The highest BCUT2D eigenvalue weighted by atomic mass is 32.2. The molecule has 2 N–H and O–H groups in total. The number of likely N-dealkylation sites (N-methyl/N-ethyl adjacent to an activating group) is 2. The van der Waals surface area contributed by atoms with Crippen molar-refractivity contribution >= 4 is 54.1 Å². The molecule has 38 heavy (non-hydrogen) atoms. The number of carbonyl (C=O) groups is 1. The number of amides is 1. The van der Waals surface area contributed by atoms with Crippen molar-refractivity contribution in [2.75, 3.05) is 57.7 Å². The van der Waals surface area contributed by atoms with E-state index in [1.165, 1.54) is 23.5 Å². The largest absolute Gasteiger partial charge is 0.396 e. The fourth-order valence-electron chi connectivity index (χ4n) is 3.53. The number of fused-ring (bicyclic) bond motifs is 1. The Morgan fingerprint density at radius 2 is 1.87 bits per heavy atom. The average molecular weight is 561 g/mol. The molecule has 3 aromatic rings. The second-order valence-corrected chi connectivity index (χ2v) is 12.5. The number of hydrogen-bond acceptors (Lipinski definition) is 11. The molecule has 4 rings (SSSR count). The molecule has 0 atom stereocenters. The SMILES string of the molecule is CN(C)CCN(C)c1ccc2nc(NC(=O)/C(=N/OCCCO)c3ccc(S(=O)(=O)C4CC4)cc3)sc2n1. The molecule has 1 saturated carbocycles. The van der Waals surface area contributed by atoms with Gasteiger partial charge in [0.25, 0.3) is 5.91 Å². The highest BCUT2D eigenvalue weighted by Gasteiger charge is 2.36. The van der Waals surface area contributed by atoms with Crippen LogP contribution in [0.1, 0.15) is 24.8 Å². The lowest BCUT2D eigenvalue weighted by Crippen LogP contribution is -2.28. The van der Waals surface area contributed by atoms with Crippen molar-refractivity contribution < 1.29 is 23.2 Å². The summed E-state index contributed by atoms with van der Waals surface area (Å²) in [5, 5.41) is 15.8. The van der Waals surface area contributed by atoms with Crippen LogP contribution in [0.3, 0.4) is 0 Å². The predicted octanol–water partition coefficient (Wildman–Crippen LogP) is 2.37. The van der Waals surface area contributed by atoms with Gasteiger partial charge in [-0.25, -0.2) is 18.4 Å². The van der Waals surface area contributed by atoms with Gasteiger partial charge in [-0.3, -0.25) is 10.1 Å². The van der Waals surface area contributed by atoms with Crippen LogP contribution in [0.15, 0.2) is 46.4 Å². The van der Waals surface area contributed by atoms with Gasteiger partial charge in [0.2, 0.25) is 0 Å². The third-order valence-corrected chi connectivity index (χ3v) is 9.08. The number of aromatic nitrogens is 2. The highest BCUT2D eigenvalue weighted by molar-refractivity contribution is 7.92. The summed E-state index contributed by atoms with van der Waals surface area (Å²) in [6, 6.07) is 9.80. The van der Waals surface area contributed by atoms with Gasteiger partial charge in [-0.1, -0.05) is 28.6 Å². The van der Waals surface area contributed by atoms with Crippen LogP contribution < -0.4 is 10.2 Å². The zero-order valence-electron chi connectivity index (χ0n) is 21.6. The van der Waals surface area contributed by atoms with E-state index in [2.05, 4.69) is 30.2 Å². The number of nitrogens with zero attached hydrogens (tertiary/aromatic N) is 5. The fourth-order valence-corrected chi connectivity index (χ4v) is 6.02. The summed E-state index contributed by atoms with van der Waals surface area (Å²) in [5.74, 6) is 0.246. The van der Waals surface area contributed by atoms with Crippen LogP contribution in [0.2, 0.25) is 0 Å². The topological polar surface area (TPSA) is 137 Å². The number of thiazole rings is 1. The van der Waals surface area contributed by atoms with Crippen molar-refractivity contribution in [1.82, 2.24) is 14.9 Å². The molecule has 1 aliphatic carbocycles. The van der Waals surface area contributed by atoms with E-state index in [4.69, 9.17) is 9.94 Å². The maximum absolute atomic E-state index is 13.2. The van der Waals surface area contributed by atoms with Crippen molar-refractivity contribution in [2.45, 2.75) is 29.4 Å². The van der Waals surface area contributed by atoms with Crippen LogP contribution in [-0.4, -0.2) is 92.7 Å². The van der Waals surface area contributed by atoms with Crippen molar-refractivity contribution in [1.29, 1.82) is 0 Å². The van der Waals surface area contributed by atoms with Crippen molar-refractivity contribution in [3.8, 4) is 0 Å². The lowest BCUT2D eigenvalue weighted by molar-refractivity contribution is -0.110. The number of benzene rings is 1. The molecule has 2 aromatic heterocycles. The molecule has 0 aliphatic heterocycles. The average Bonchev–Trinajstić information content (AvgIpc) is 3.68. The first-order valence-corrected chi connectivity index (χ1v) is 14.7. The standard InChI is InChI=1S/C25H32N6O5S2/c1-30(2)13-14-31(3)21-12-11-20-24(27-21)37-25(26-20)28-23(33)22(29-36-16-4-15-32)17-5-7-18(8-6-17)38(34,35)19-9-10-19/h5-8,11-12,19,32H,4,9-10,13-16H2,1-3H3,(H,26,28,33)/b29-22+. The second kappa shape index (κ2) is 12.2. The van der Waals surface area contributed by atoms with Gasteiger partial charge in [0.05, 0.1) is 10.1 Å². The van der Waals surface area contributed by atoms with E-state index in [0.29, 0.717) is 40.3 Å². The Hall–Kier alpha value is -3.13. The van der Waals surface area contributed by atoms with E-state index < -0.39 is 15.7 Å². The lowest BCUT2D eigenvalue weighted by atomic mass is 10.1. The Balaban J connectivity index is 1.53. The van der Waals surface area contributed by atoms with Crippen LogP contribution >= 0.6 is 11.3 Å². The van der Waals surface area contributed by atoms with Gasteiger partial charge >= 0.3 is 0 Å². The summed E-state index contributed by atoms with van der Waals surface area (Å²) in [5.41, 5.74) is 1.02. The van der Waals surface area contributed by atoms with Gasteiger partial charge in [-0.2, -0.15) is 0 Å². The van der Waals surface area contributed by atoms with Crippen LogP contribution in [0.5, 0.6) is 0 Å². The van der Waals surface area contributed by atoms with Gasteiger partial charge in [0, 0.05) is 38.7 Å². The minimum absolute atomic E-state index is 0.0327. The van der Waals surface area contributed by atoms with Crippen LogP contribution in [0.25, 0.3) is 10.3 Å². The molecule has 1 fully saturated rings. The predicted molar refractivity (Wildman–Crippen MR) is 149 cm³/mol. The van der Waals surface area contributed by atoms with Gasteiger partial charge < -0.3 is 19.7 Å². The number of hydrogen-bond donors (Lipinski definition) is 2. The van der Waals surface area contributed by atoms with Crippen LogP contribution in [-0.2, 0) is 19.5 Å². The van der Waals surface area contributed by atoms with Gasteiger partial charge in [0.1, 0.15) is 22.8 Å². The quantitative estimate of drug-likeness (QED) is 0.183. The molecule has 1 amide bonds. The number of rotatable bonds is 13. The van der Waals surface area contributed by atoms with E-state index in [-0.39, 0.29) is 29.1 Å². The van der Waals surface area contributed by atoms with E-state index >= 15 is 0 Å². The fraction of sp³-hybridized carbons (Fsp3) is 0.440. The summed E-state index contributed by atoms with van der Waals surface area (Å²) >= 11 is 1.24. The summed E-state index contributed by atoms with van der Waals surface area (Å²) < 4.78 is 25.1. The summed E-state index contributed by atoms with van der Waals surface area (Å²) in [6.45, 7) is 1.74. The molecular formula is C25H32N6O5S2. The maximum Gasteiger partial charge on any atom is 0.280 e. The molecule has 0 bridgehead atoms. The Morgan fingerprint density at radius 3 is 2.53 bits per heavy atom. The third-order valence-electron chi connectivity index (χ3n) is 5.92. The highest BCUT2D eigenvalue weighted by Crippen LogP contribution is 2.33. The molecule has 1 aromatic carbocycles. The molecule has 204 valence electrons. The van der Waals surface area contributed by atoms with Crippen molar-refractivity contribution in [3.05, 3.63) is 42.0 Å². The molecule has 0 spiro atoms. The zero-order valence-corrected chi connectivity index (χ0v) is 23.3. The molecule has 1 aliphatic rings. The van der Waals surface area contributed by atoms with E-state index in [1.54, 1.807) is 12.1 Å². The first kappa shape index (κ1) is 27.9. The number of carbonyl (C=O) groups excluding carboxylic acids is 1. The van der Waals surface area contributed by atoms with Gasteiger partial charge in [-0.15, -0.1) is 0 Å². The van der Waals surface area contributed by atoms with Crippen molar-refractivity contribution in [3.63, 3.8) is 0 Å². The first-order chi connectivity index (χ1) is 18.2. The van der Waals surface area contributed by atoms with Crippen LogP contribution in [0.4, 0.5) is 10.9 Å². The van der Waals surface area contributed by atoms with Gasteiger partial charge in [0.15, 0.2) is 20.7 Å². The smallest absolute Gasteiger partial charge is 0.280 e. The van der Waals surface area contributed by atoms with E-state index in [1.807, 2.05) is 33.3 Å². The molecule has 2 heterocycles. The third kappa shape index (κ3) is 6.84. The number of nitrogens with one attached hydrogen (secondary N) is 1. The van der Waals surface area contributed by atoms with Crippen LogP contribution in [0, 0.1) is 0 Å². The zero-order chi connectivity index (χ0) is 27.3. The summed E-state index contributed by atoms with van der Waals surface area (Å²) in [7, 11) is 2.65. The van der Waals surface area contributed by atoms with Crippen molar-refractivity contribution in [2.24, 2.45) is 5.16 Å². The first-order valence-electron chi connectivity index (χ1n) is 12.3. The molecule has 11 nitrogen and oxygen atoms in total. The summed E-state index contributed by atoms with van der Waals surface area (Å²) in [4.78, 5) is 32.7. The maximum atomic E-state index is 13.2. The molecule has 0 unspecified atom stereocenters. The Morgan fingerprint density at radius 1 is 1.13 bits per heavy atom. The molecule has 13 heteroatoms. The number of aliphatic hydroxyl groups excluding tert-OH is 1.